The summed E-state index contributed by atoms with van der Waals surface area (Å²) in [6, 6.07) is 0. The van der Waals surface area contributed by atoms with E-state index in [-0.39, 0.29) is 17.5 Å². The van der Waals surface area contributed by atoms with E-state index in [1.54, 1.807) is 0 Å². The molecule has 0 N–H and O–H groups in total. The van der Waals surface area contributed by atoms with E-state index in [0.717, 1.165) is 14.2 Å². The number of rotatable bonds is 3. The van der Waals surface area contributed by atoms with E-state index < -0.39 is 17.7 Å². The second-order valence-corrected chi connectivity index (χ2v) is 2.37. The van der Waals surface area contributed by atoms with Gasteiger partial charge in [-0.15, -0.1) is 0 Å². The average molecular weight is 213 g/mol. The second-order valence-electron chi connectivity index (χ2n) is 2.37. The molecule has 0 unspecified atom stereocenters. The van der Waals surface area contributed by atoms with Gasteiger partial charge in [-0.3, -0.25) is 4.79 Å². The van der Waals surface area contributed by atoms with Gasteiger partial charge in [0, 0.05) is 0 Å². The molecule has 1 heterocycles. The highest BCUT2D eigenvalue weighted by atomic mass is 16.6. The van der Waals surface area contributed by atoms with E-state index in [1.807, 2.05) is 0 Å². The molecule has 0 aliphatic rings. The lowest BCUT2D eigenvalue weighted by Gasteiger charge is -1.97. The molecule has 0 fully saturated rings. The standard InChI is InChI=1S/C8H7NO6/c1-13-7(11)5-4(3-10)9-15-6(5)8(12)14-2/h3H,1-2H3. The molecule has 7 nitrogen and oxygen atoms in total. The summed E-state index contributed by atoms with van der Waals surface area (Å²) in [6.45, 7) is 0. The fourth-order valence-electron chi connectivity index (χ4n) is 0.914. The number of ether oxygens (including phenoxy) is 2. The molecule has 15 heavy (non-hydrogen) atoms. The van der Waals surface area contributed by atoms with Crippen molar-refractivity contribution in [2.75, 3.05) is 14.2 Å². The molecule has 0 radical (unpaired) electrons. The lowest BCUT2D eigenvalue weighted by molar-refractivity contribution is 0.0521. The smallest absolute Gasteiger partial charge is 0.377 e. The van der Waals surface area contributed by atoms with E-state index in [9.17, 15) is 14.4 Å². The molecular formula is C8H7NO6. The maximum atomic E-state index is 11.2. The molecule has 1 aromatic heterocycles. The normalized spacial score (nSPS) is 9.47. The van der Waals surface area contributed by atoms with Crippen LogP contribution >= 0.6 is 0 Å². The third-order valence-electron chi connectivity index (χ3n) is 1.59. The molecule has 80 valence electrons. The first-order valence-electron chi connectivity index (χ1n) is 3.77. The number of esters is 2. The first kappa shape index (κ1) is 10.9. The van der Waals surface area contributed by atoms with Crippen molar-refractivity contribution in [2.45, 2.75) is 0 Å². The van der Waals surface area contributed by atoms with Gasteiger partial charge in [0.05, 0.1) is 14.2 Å². The number of aromatic nitrogens is 1. The highest BCUT2D eigenvalue weighted by Gasteiger charge is 2.28. The highest BCUT2D eigenvalue weighted by molar-refractivity contribution is 6.05. The Kier molecular flexibility index (Phi) is 3.17. The topological polar surface area (TPSA) is 95.7 Å². The zero-order chi connectivity index (χ0) is 11.4. The van der Waals surface area contributed by atoms with Crippen molar-refractivity contribution in [2.24, 2.45) is 0 Å². The lowest BCUT2D eigenvalue weighted by Crippen LogP contribution is -2.11. The van der Waals surface area contributed by atoms with Crippen molar-refractivity contribution >= 4 is 18.2 Å². The Morgan fingerprint density at radius 2 is 1.87 bits per heavy atom. The van der Waals surface area contributed by atoms with Crippen molar-refractivity contribution in [3.8, 4) is 0 Å². The fraction of sp³-hybridized carbons (Fsp3) is 0.250. The van der Waals surface area contributed by atoms with Gasteiger partial charge in [0.2, 0.25) is 0 Å². The van der Waals surface area contributed by atoms with Gasteiger partial charge >= 0.3 is 11.9 Å². The van der Waals surface area contributed by atoms with Gasteiger partial charge in [-0.25, -0.2) is 9.59 Å². The molecule has 0 aliphatic carbocycles. The molecule has 1 rings (SSSR count). The summed E-state index contributed by atoms with van der Waals surface area (Å²) < 4.78 is 13.2. The van der Waals surface area contributed by atoms with E-state index in [4.69, 9.17) is 0 Å². The molecule has 7 heteroatoms. The lowest BCUT2D eigenvalue weighted by atomic mass is 10.2. The van der Waals surface area contributed by atoms with Crippen molar-refractivity contribution in [1.29, 1.82) is 0 Å². The van der Waals surface area contributed by atoms with E-state index >= 15 is 0 Å². The first-order valence-corrected chi connectivity index (χ1v) is 3.77. The quantitative estimate of drug-likeness (QED) is 0.517. The number of hydrogen-bond acceptors (Lipinski definition) is 7. The Bertz CT molecular complexity index is 407. The predicted octanol–water partition coefficient (Wildman–Crippen LogP) is 0.0603. The van der Waals surface area contributed by atoms with Crippen LogP contribution in [0.25, 0.3) is 0 Å². The largest absolute Gasteiger partial charge is 0.465 e. The van der Waals surface area contributed by atoms with E-state index in [0.29, 0.717) is 0 Å². The first-order chi connectivity index (χ1) is 7.15. The van der Waals surface area contributed by atoms with Crippen LogP contribution < -0.4 is 0 Å². The minimum Gasteiger partial charge on any atom is -0.465 e. The molecule has 0 aromatic carbocycles. The van der Waals surface area contributed by atoms with Gasteiger partial charge in [-0.1, -0.05) is 5.16 Å². The number of nitrogens with zero attached hydrogens (tertiary/aromatic N) is 1. The number of carbonyl (C=O) groups excluding carboxylic acids is 3. The monoisotopic (exact) mass is 213 g/mol. The highest BCUT2D eigenvalue weighted by Crippen LogP contribution is 2.14. The maximum absolute atomic E-state index is 11.2. The molecule has 0 atom stereocenters. The molecule has 0 amide bonds. The minimum absolute atomic E-state index is 0.280. The van der Waals surface area contributed by atoms with Crippen molar-refractivity contribution < 1.29 is 28.4 Å². The number of carbonyl (C=O) groups is 3. The summed E-state index contributed by atoms with van der Waals surface area (Å²) in [7, 11) is 2.21. The Morgan fingerprint density at radius 1 is 1.27 bits per heavy atom. The number of hydrogen-bond donors (Lipinski definition) is 0. The summed E-state index contributed by atoms with van der Waals surface area (Å²) in [5.74, 6) is -2.25. The summed E-state index contributed by atoms with van der Waals surface area (Å²) in [4.78, 5) is 32.8. The Hall–Kier alpha value is -2.18. The van der Waals surface area contributed by atoms with Gasteiger partial charge in [-0.2, -0.15) is 0 Å². The number of methoxy groups -OCH3 is 2. The maximum Gasteiger partial charge on any atom is 0.377 e. The fourth-order valence-corrected chi connectivity index (χ4v) is 0.914. The van der Waals surface area contributed by atoms with Crippen LogP contribution in [0.15, 0.2) is 4.52 Å². The molecule has 0 saturated carbocycles. The Morgan fingerprint density at radius 3 is 2.33 bits per heavy atom. The molecule has 0 aliphatic heterocycles. The van der Waals surface area contributed by atoms with Crippen LogP contribution in [0.5, 0.6) is 0 Å². The van der Waals surface area contributed by atoms with Crippen LogP contribution in [0.4, 0.5) is 0 Å². The SMILES string of the molecule is COC(=O)c1onc(C=O)c1C(=O)OC. The average Bonchev–Trinajstić information content (AvgIpc) is 2.70. The summed E-state index contributed by atoms with van der Waals surface area (Å²) in [6.07, 6.45) is 0.280. The van der Waals surface area contributed by atoms with Crippen LogP contribution in [0.3, 0.4) is 0 Å². The Balaban J connectivity index is 3.29. The molecule has 1 aromatic rings. The molecule has 0 spiro atoms. The molecule has 0 saturated heterocycles. The van der Waals surface area contributed by atoms with Crippen LogP contribution in [0.1, 0.15) is 31.4 Å². The van der Waals surface area contributed by atoms with Gasteiger partial charge in [-0.05, 0) is 0 Å². The van der Waals surface area contributed by atoms with Crippen LogP contribution in [0.2, 0.25) is 0 Å². The van der Waals surface area contributed by atoms with Crippen LogP contribution in [-0.4, -0.2) is 37.6 Å². The second kappa shape index (κ2) is 4.36. The van der Waals surface area contributed by atoms with Gasteiger partial charge in [0.15, 0.2) is 12.0 Å². The third-order valence-corrected chi connectivity index (χ3v) is 1.59. The van der Waals surface area contributed by atoms with E-state index in [2.05, 4.69) is 19.2 Å². The summed E-state index contributed by atoms with van der Waals surface area (Å²) in [5, 5.41) is 3.23. The third kappa shape index (κ3) is 1.85. The minimum atomic E-state index is -0.906. The van der Waals surface area contributed by atoms with Crippen molar-refractivity contribution in [3.63, 3.8) is 0 Å². The van der Waals surface area contributed by atoms with Crippen LogP contribution in [0, 0.1) is 0 Å². The summed E-state index contributed by atoms with van der Waals surface area (Å²) >= 11 is 0. The van der Waals surface area contributed by atoms with Gasteiger partial charge < -0.3 is 14.0 Å². The molecule has 0 bridgehead atoms. The van der Waals surface area contributed by atoms with Crippen molar-refractivity contribution in [3.05, 3.63) is 17.0 Å². The van der Waals surface area contributed by atoms with E-state index in [1.165, 1.54) is 0 Å². The molecular weight excluding hydrogens is 206 g/mol. The zero-order valence-corrected chi connectivity index (χ0v) is 7.97. The number of aldehydes is 1. The van der Waals surface area contributed by atoms with Gasteiger partial charge in [0.25, 0.3) is 5.76 Å². The van der Waals surface area contributed by atoms with Gasteiger partial charge in [0.1, 0.15) is 5.56 Å². The Labute approximate surface area is 83.9 Å². The summed E-state index contributed by atoms with van der Waals surface area (Å²) in [5.41, 5.74) is -0.637. The van der Waals surface area contributed by atoms with Crippen LogP contribution in [-0.2, 0) is 9.47 Å². The van der Waals surface area contributed by atoms with Crippen molar-refractivity contribution in [1.82, 2.24) is 5.16 Å². The zero-order valence-electron chi connectivity index (χ0n) is 7.97. The predicted molar refractivity (Wildman–Crippen MR) is 44.6 cm³/mol.